The number of quaternary nitrogens is 1. The molecule has 2 heterocycles. The molecule has 5 nitrogen and oxygen atoms in total. The summed E-state index contributed by atoms with van der Waals surface area (Å²) < 4.78 is 52.8. The number of rotatable bonds is 6. The monoisotopic (exact) mass is 476 g/mol. The van der Waals surface area contributed by atoms with Crippen molar-refractivity contribution >= 4 is 11.0 Å². The quantitative estimate of drug-likeness (QED) is 0.512. The van der Waals surface area contributed by atoms with E-state index < -0.39 is 23.1 Å². The van der Waals surface area contributed by atoms with Crippen molar-refractivity contribution in [2.24, 2.45) is 0 Å². The van der Waals surface area contributed by atoms with Gasteiger partial charge in [-0.25, -0.2) is 0 Å². The molecule has 2 atom stereocenters. The number of hydrogen-bond acceptors (Lipinski definition) is 4. The van der Waals surface area contributed by atoms with Crippen LogP contribution in [0.4, 0.5) is 13.2 Å². The molecule has 3 aromatic rings. The first-order chi connectivity index (χ1) is 16.2. The topological polar surface area (TPSA) is 64.1 Å². The van der Waals surface area contributed by atoms with Gasteiger partial charge in [0.1, 0.15) is 18.0 Å². The maximum atomic E-state index is 14.0. The highest BCUT2D eigenvalue weighted by Crippen LogP contribution is 2.39. The smallest absolute Gasteiger partial charge is 0.453 e. The van der Waals surface area contributed by atoms with Gasteiger partial charge >= 0.3 is 6.18 Å². The molecule has 182 valence electrons. The Morgan fingerprint density at radius 2 is 1.85 bits per heavy atom. The van der Waals surface area contributed by atoms with Crippen LogP contribution in [0.3, 0.4) is 0 Å². The van der Waals surface area contributed by atoms with Crippen molar-refractivity contribution in [3.05, 3.63) is 63.5 Å². The minimum Gasteiger partial charge on any atom is -0.507 e. The first kappa shape index (κ1) is 24.1. The summed E-state index contributed by atoms with van der Waals surface area (Å²) in [5.41, 5.74) is 0.0444. The van der Waals surface area contributed by atoms with E-state index in [-0.39, 0.29) is 34.6 Å². The molecular weight excluding hydrogens is 447 g/mol. The highest BCUT2D eigenvalue weighted by atomic mass is 19.4. The van der Waals surface area contributed by atoms with Gasteiger partial charge in [-0.05, 0) is 61.9 Å². The van der Waals surface area contributed by atoms with Crippen LogP contribution < -0.4 is 15.1 Å². The molecule has 0 aliphatic carbocycles. The van der Waals surface area contributed by atoms with E-state index in [9.17, 15) is 23.1 Å². The second-order valence-electron chi connectivity index (χ2n) is 8.81. The van der Waals surface area contributed by atoms with E-state index in [4.69, 9.17) is 9.15 Å². The highest BCUT2D eigenvalue weighted by molar-refractivity contribution is 5.83. The minimum absolute atomic E-state index is 0.0505. The number of phenolic OH excluding ortho intramolecular Hbond substituents is 1. The van der Waals surface area contributed by atoms with Crippen molar-refractivity contribution in [3.8, 4) is 17.2 Å². The molecule has 0 spiro atoms. The zero-order chi connectivity index (χ0) is 24.5. The molecule has 1 fully saturated rings. The second kappa shape index (κ2) is 9.70. The third-order valence-electron chi connectivity index (χ3n) is 6.68. The predicted octanol–water partition coefficient (Wildman–Crippen LogP) is 5.22. The van der Waals surface area contributed by atoms with E-state index in [2.05, 4.69) is 6.92 Å². The first-order valence-corrected chi connectivity index (χ1v) is 11.7. The minimum atomic E-state index is -4.96. The van der Waals surface area contributed by atoms with E-state index in [1.165, 1.54) is 29.2 Å². The van der Waals surface area contributed by atoms with Crippen molar-refractivity contribution in [1.82, 2.24) is 0 Å². The van der Waals surface area contributed by atoms with Crippen molar-refractivity contribution < 1.29 is 32.3 Å². The zero-order valence-electron chi connectivity index (χ0n) is 19.3. The van der Waals surface area contributed by atoms with Gasteiger partial charge < -0.3 is 19.2 Å². The summed E-state index contributed by atoms with van der Waals surface area (Å²) in [5, 5.41) is 10.5. The van der Waals surface area contributed by atoms with Gasteiger partial charge in [-0.3, -0.25) is 4.79 Å². The van der Waals surface area contributed by atoms with E-state index in [1.54, 1.807) is 12.1 Å². The number of hydrogen-bond donors (Lipinski definition) is 2. The number of fused-ring (bicyclic) bond motifs is 1. The van der Waals surface area contributed by atoms with Crippen LogP contribution >= 0.6 is 0 Å². The fourth-order valence-electron chi connectivity index (χ4n) is 4.75. The Kier molecular flexibility index (Phi) is 6.89. The van der Waals surface area contributed by atoms with Gasteiger partial charge in [-0.1, -0.05) is 26.0 Å². The Hall–Kier alpha value is -3.00. The van der Waals surface area contributed by atoms with Crippen LogP contribution in [-0.4, -0.2) is 17.7 Å². The third kappa shape index (κ3) is 4.78. The maximum absolute atomic E-state index is 14.0. The van der Waals surface area contributed by atoms with Crippen LogP contribution in [0.1, 0.15) is 56.4 Å². The number of likely N-dealkylation sites (tertiary alicyclic amines) is 1. The van der Waals surface area contributed by atoms with Crippen LogP contribution in [0.2, 0.25) is 0 Å². The van der Waals surface area contributed by atoms with Crippen molar-refractivity contribution in [2.45, 2.75) is 64.7 Å². The van der Waals surface area contributed by atoms with Crippen LogP contribution in [0.15, 0.2) is 45.6 Å². The number of nitrogens with one attached hydrogen (secondary N) is 1. The second-order valence-corrected chi connectivity index (χ2v) is 8.81. The number of phenols is 1. The van der Waals surface area contributed by atoms with E-state index in [0.29, 0.717) is 6.04 Å². The van der Waals surface area contributed by atoms with Crippen LogP contribution in [0, 0.1) is 0 Å². The van der Waals surface area contributed by atoms with Gasteiger partial charge in [-0.2, -0.15) is 13.2 Å². The summed E-state index contributed by atoms with van der Waals surface area (Å²) in [4.78, 5) is 14.4. The summed E-state index contributed by atoms with van der Waals surface area (Å²) in [6.07, 6.45) is -0.146. The third-order valence-corrected chi connectivity index (χ3v) is 6.68. The number of ether oxygens (including phenoxy) is 1. The number of halogens is 3. The Morgan fingerprint density at radius 1 is 1.12 bits per heavy atom. The number of aryl methyl sites for hydroxylation is 1. The molecule has 1 saturated heterocycles. The molecule has 1 unspecified atom stereocenters. The molecular formula is C26H29F3NO4+. The fourth-order valence-corrected chi connectivity index (χ4v) is 4.75. The maximum Gasteiger partial charge on any atom is 0.453 e. The normalized spacial score (nSPS) is 18.9. The molecule has 0 saturated carbocycles. The number of piperidine rings is 1. The number of alkyl halides is 3. The molecule has 4 rings (SSSR count). The van der Waals surface area contributed by atoms with Crippen molar-refractivity contribution in [3.63, 3.8) is 0 Å². The zero-order valence-corrected chi connectivity index (χ0v) is 19.3. The lowest BCUT2D eigenvalue weighted by Crippen LogP contribution is -3.15. The summed E-state index contributed by atoms with van der Waals surface area (Å²) in [7, 11) is 0. The average Bonchev–Trinajstić information content (AvgIpc) is 2.82. The van der Waals surface area contributed by atoms with Gasteiger partial charge in [0.25, 0.3) is 5.76 Å². The molecule has 2 aromatic carbocycles. The van der Waals surface area contributed by atoms with E-state index in [1.807, 2.05) is 6.92 Å². The Morgan fingerprint density at radius 3 is 2.50 bits per heavy atom. The van der Waals surface area contributed by atoms with Gasteiger partial charge in [0, 0.05) is 0 Å². The Labute approximate surface area is 195 Å². The number of aromatic hydroxyl groups is 1. The Balaban J connectivity index is 1.84. The summed E-state index contributed by atoms with van der Waals surface area (Å²) in [6.45, 7) is 5.16. The lowest BCUT2D eigenvalue weighted by atomic mass is 9.98. The van der Waals surface area contributed by atoms with E-state index in [0.717, 1.165) is 44.2 Å². The highest BCUT2D eigenvalue weighted by Gasteiger charge is 2.41. The summed E-state index contributed by atoms with van der Waals surface area (Å²) >= 11 is 0. The van der Waals surface area contributed by atoms with Crippen LogP contribution in [0.5, 0.6) is 17.2 Å². The molecule has 0 radical (unpaired) electrons. The molecule has 0 bridgehead atoms. The summed E-state index contributed by atoms with van der Waals surface area (Å²) in [6, 6.07) is 9.47. The fraction of sp³-hybridized carbons (Fsp3) is 0.423. The van der Waals surface area contributed by atoms with Crippen LogP contribution in [0.25, 0.3) is 11.0 Å². The van der Waals surface area contributed by atoms with Gasteiger partial charge in [0.2, 0.25) is 11.2 Å². The first-order valence-electron chi connectivity index (χ1n) is 11.7. The van der Waals surface area contributed by atoms with Crippen LogP contribution in [-0.2, 0) is 19.1 Å². The molecule has 2 N–H and O–H groups in total. The molecule has 0 amide bonds. The number of benzene rings is 2. The largest absolute Gasteiger partial charge is 0.507 e. The predicted molar refractivity (Wildman–Crippen MR) is 123 cm³/mol. The molecule has 34 heavy (non-hydrogen) atoms. The molecule has 1 aromatic heterocycles. The average molecular weight is 477 g/mol. The Bertz CT molecular complexity index is 1220. The lowest BCUT2D eigenvalue weighted by Gasteiger charge is -2.32. The summed E-state index contributed by atoms with van der Waals surface area (Å²) in [5.74, 6) is -2.48. The standard InChI is InChI=1S/C26H28F3NO4/c1-3-16-8-10-18(11-9-16)33-24-22(32)19-12-13-21(31)20(23(19)34-25(24)26(27,28)29)15-30-14-6-5-7-17(30)4-2/h8-13,17,31H,3-7,14-15H2,1-2H3/p+1/t17-/m0/s1. The molecule has 1 aliphatic rings. The van der Waals surface area contributed by atoms with E-state index >= 15 is 0 Å². The van der Waals surface area contributed by atoms with Crippen molar-refractivity contribution in [2.75, 3.05) is 6.54 Å². The molecule has 8 heteroatoms. The van der Waals surface area contributed by atoms with Crippen molar-refractivity contribution in [1.29, 1.82) is 0 Å². The van der Waals surface area contributed by atoms with Gasteiger partial charge in [-0.15, -0.1) is 0 Å². The SMILES string of the molecule is CCc1ccc(Oc2c(C(F)(F)F)oc3c(C[NH+]4CCCC[C@@H]4CC)c(O)ccc3c2=O)cc1. The lowest BCUT2D eigenvalue weighted by molar-refractivity contribution is -0.944. The van der Waals surface area contributed by atoms with Gasteiger partial charge in [0.15, 0.2) is 5.58 Å². The van der Waals surface area contributed by atoms with Gasteiger partial charge in [0.05, 0.1) is 23.5 Å². The molecule has 1 aliphatic heterocycles.